The number of nitrogens with one attached hydrogen (secondary N) is 1. The van der Waals surface area contributed by atoms with Crippen molar-refractivity contribution in [3.8, 4) is 0 Å². The Morgan fingerprint density at radius 2 is 1.93 bits per heavy atom. The molecule has 2 nitrogen and oxygen atoms in total. The van der Waals surface area contributed by atoms with Crippen molar-refractivity contribution >= 4 is 0 Å². The Hall–Kier alpha value is -0.0800. The highest BCUT2D eigenvalue weighted by Crippen LogP contribution is 2.15. The van der Waals surface area contributed by atoms with Crippen LogP contribution in [0.15, 0.2) is 0 Å². The fourth-order valence-electron chi connectivity index (χ4n) is 2.02. The van der Waals surface area contributed by atoms with Crippen molar-refractivity contribution in [2.75, 3.05) is 26.2 Å². The molecule has 1 atom stereocenters. The minimum Gasteiger partial charge on any atom is -0.309 e. The Morgan fingerprint density at radius 3 is 2.43 bits per heavy atom. The molecule has 0 radical (unpaired) electrons. The zero-order chi connectivity index (χ0) is 10.8. The maximum atomic E-state index is 3.55. The molecule has 0 aliphatic carbocycles. The summed E-state index contributed by atoms with van der Waals surface area (Å²) in [5.74, 6) is 1.61. The van der Waals surface area contributed by atoms with Crippen LogP contribution in [-0.4, -0.2) is 36.6 Å². The Labute approximate surface area is 89.1 Å². The summed E-state index contributed by atoms with van der Waals surface area (Å²) in [5.41, 5.74) is 0.301. The number of piperazine rings is 1. The van der Waals surface area contributed by atoms with Gasteiger partial charge in [-0.3, -0.25) is 4.90 Å². The molecule has 1 aliphatic heterocycles. The molecular weight excluding hydrogens is 172 g/mol. The first-order valence-electron chi connectivity index (χ1n) is 5.88. The van der Waals surface area contributed by atoms with Crippen LogP contribution in [0.5, 0.6) is 0 Å². The van der Waals surface area contributed by atoms with Gasteiger partial charge in [0.1, 0.15) is 0 Å². The van der Waals surface area contributed by atoms with E-state index in [9.17, 15) is 0 Å². The Balaban J connectivity index is 2.38. The smallest absolute Gasteiger partial charge is 0.0252 e. The van der Waals surface area contributed by atoms with Crippen LogP contribution in [0.3, 0.4) is 0 Å². The van der Waals surface area contributed by atoms with Crippen molar-refractivity contribution in [3.63, 3.8) is 0 Å². The van der Waals surface area contributed by atoms with Crippen molar-refractivity contribution in [1.82, 2.24) is 10.2 Å². The molecular formula is C12H26N2. The van der Waals surface area contributed by atoms with E-state index in [0.717, 1.165) is 18.4 Å². The molecule has 1 fully saturated rings. The van der Waals surface area contributed by atoms with E-state index in [1.807, 2.05) is 0 Å². The zero-order valence-corrected chi connectivity index (χ0v) is 10.4. The predicted octanol–water partition coefficient (Wildman–Crippen LogP) is 1.96. The summed E-state index contributed by atoms with van der Waals surface area (Å²) in [6, 6.07) is 0. The monoisotopic (exact) mass is 198 g/mol. The van der Waals surface area contributed by atoms with Gasteiger partial charge < -0.3 is 5.32 Å². The summed E-state index contributed by atoms with van der Waals surface area (Å²) in [4.78, 5) is 2.60. The van der Waals surface area contributed by atoms with Crippen LogP contribution in [0.25, 0.3) is 0 Å². The minimum atomic E-state index is 0.301. The molecule has 0 amide bonds. The SMILES string of the molecule is CC(C)C(C)CN1CCNC(C)(C)C1. The second kappa shape index (κ2) is 4.63. The van der Waals surface area contributed by atoms with Gasteiger partial charge in [0.25, 0.3) is 0 Å². The number of rotatable bonds is 3. The molecule has 0 bridgehead atoms. The number of nitrogens with zero attached hydrogens (tertiary/aromatic N) is 1. The van der Waals surface area contributed by atoms with Gasteiger partial charge in [-0.05, 0) is 25.7 Å². The summed E-state index contributed by atoms with van der Waals surface area (Å²) in [7, 11) is 0. The zero-order valence-electron chi connectivity index (χ0n) is 10.4. The van der Waals surface area contributed by atoms with Gasteiger partial charge in [0.2, 0.25) is 0 Å². The van der Waals surface area contributed by atoms with Crippen LogP contribution in [-0.2, 0) is 0 Å². The van der Waals surface area contributed by atoms with E-state index in [1.165, 1.54) is 19.6 Å². The van der Waals surface area contributed by atoms with Crippen molar-refractivity contribution in [2.24, 2.45) is 11.8 Å². The molecule has 1 N–H and O–H groups in total. The third kappa shape index (κ3) is 3.58. The molecule has 0 aromatic heterocycles. The van der Waals surface area contributed by atoms with Crippen LogP contribution < -0.4 is 5.32 Å². The lowest BCUT2D eigenvalue weighted by Gasteiger charge is -2.40. The third-order valence-electron chi connectivity index (χ3n) is 3.33. The molecule has 1 aliphatic rings. The van der Waals surface area contributed by atoms with Gasteiger partial charge in [-0.1, -0.05) is 20.8 Å². The van der Waals surface area contributed by atoms with Gasteiger partial charge in [-0.15, -0.1) is 0 Å². The van der Waals surface area contributed by atoms with Crippen LogP contribution in [0.1, 0.15) is 34.6 Å². The molecule has 1 heterocycles. The first-order chi connectivity index (χ1) is 6.41. The van der Waals surface area contributed by atoms with E-state index < -0.39 is 0 Å². The van der Waals surface area contributed by atoms with E-state index in [1.54, 1.807) is 0 Å². The highest BCUT2D eigenvalue weighted by molar-refractivity contribution is 4.87. The number of hydrogen-bond acceptors (Lipinski definition) is 2. The molecule has 0 aromatic rings. The second-order valence-corrected chi connectivity index (χ2v) is 5.77. The van der Waals surface area contributed by atoms with Crippen LogP contribution >= 0.6 is 0 Å². The molecule has 0 spiro atoms. The molecule has 0 saturated carbocycles. The quantitative estimate of drug-likeness (QED) is 0.746. The molecule has 2 heteroatoms. The average Bonchev–Trinajstić information content (AvgIpc) is 2.01. The van der Waals surface area contributed by atoms with Gasteiger partial charge >= 0.3 is 0 Å². The van der Waals surface area contributed by atoms with E-state index in [-0.39, 0.29) is 0 Å². The normalized spacial score (nSPS) is 25.3. The highest BCUT2D eigenvalue weighted by Gasteiger charge is 2.26. The molecule has 84 valence electrons. The summed E-state index contributed by atoms with van der Waals surface area (Å²) < 4.78 is 0. The lowest BCUT2D eigenvalue weighted by Crippen LogP contribution is -2.57. The van der Waals surface area contributed by atoms with Gasteiger partial charge in [-0.25, -0.2) is 0 Å². The van der Waals surface area contributed by atoms with Gasteiger partial charge in [0, 0.05) is 31.7 Å². The fraction of sp³-hybridized carbons (Fsp3) is 1.00. The van der Waals surface area contributed by atoms with Gasteiger partial charge in [0.15, 0.2) is 0 Å². The highest BCUT2D eigenvalue weighted by atomic mass is 15.2. The Kier molecular flexibility index (Phi) is 3.96. The lowest BCUT2D eigenvalue weighted by molar-refractivity contribution is 0.128. The topological polar surface area (TPSA) is 15.3 Å². The largest absolute Gasteiger partial charge is 0.309 e. The van der Waals surface area contributed by atoms with Crippen LogP contribution in [0.4, 0.5) is 0 Å². The van der Waals surface area contributed by atoms with Crippen molar-refractivity contribution in [2.45, 2.75) is 40.2 Å². The van der Waals surface area contributed by atoms with Crippen molar-refractivity contribution < 1.29 is 0 Å². The van der Waals surface area contributed by atoms with E-state index >= 15 is 0 Å². The van der Waals surface area contributed by atoms with Crippen molar-refractivity contribution in [1.29, 1.82) is 0 Å². The maximum Gasteiger partial charge on any atom is 0.0252 e. The maximum absolute atomic E-state index is 3.55. The Morgan fingerprint density at radius 1 is 1.29 bits per heavy atom. The minimum absolute atomic E-state index is 0.301. The molecule has 1 saturated heterocycles. The Bertz CT molecular complexity index is 175. The molecule has 1 rings (SSSR count). The molecule has 1 unspecified atom stereocenters. The van der Waals surface area contributed by atoms with E-state index in [0.29, 0.717) is 5.54 Å². The summed E-state index contributed by atoms with van der Waals surface area (Å²) in [5, 5.41) is 3.55. The van der Waals surface area contributed by atoms with Crippen LogP contribution in [0, 0.1) is 11.8 Å². The standard InChI is InChI=1S/C12H26N2/c1-10(2)11(3)8-14-7-6-13-12(4,5)9-14/h10-11,13H,6-9H2,1-5H3. The summed E-state index contributed by atoms with van der Waals surface area (Å²) in [6.45, 7) is 16.4. The van der Waals surface area contributed by atoms with Crippen molar-refractivity contribution in [3.05, 3.63) is 0 Å². The average molecular weight is 198 g/mol. The summed E-state index contributed by atoms with van der Waals surface area (Å²) in [6.07, 6.45) is 0. The first kappa shape index (κ1) is 12.0. The van der Waals surface area contributed by atoms with E-state index in [2.05, 4.69) is 44.8 Å². The lowest BCUT2D eigenvalue weighted by atomic mass is 9.95. The molecule has 0 aromatic carbocycles. The third-order valence-corrected chi connectivity index (χ3v) is 3.33. The molecule has 14 heavy (non-hydrogen) atoms. The van der Waals surface area contributed by atoms with Gasteiger partial charge in [-0.2, -0.15) is 0 Å². The fourth-order valence-corrected chi connectivity index (χ4v) is 2.02. The predicted molar refractivity (Wildman–Crippen MR) is 62.5 cm³/mol. The second-order valence-electron chi connectivity index (χ2n) is 5.77. The summed E-state index contributed by atoms with van der Waals surface area (Å²) >= 11 is 0. The number of hydrogen-bond donors (Lipinski definition) is 1. The first-order valence-corrected chi connectivity index (χ1v) is 5.88. The van der Waals surface area contributed by atoms with E-state index in [4.69, 9.17) is 0 Å². The van der Waals surface area contributed by atoms with Crippen LogP contribution in [0.2, 0.25) is 0 Å². The van der Waals surface area contributed by atoms with Gasteiger partial charge in [0.05, 0.1) is 0 Å².